The molecule has 214 valence electrons. The fourth-order valence-corrected chi connectivity index (χ4v) is 4.55. The maximum atomic E-state index is 13.6. The maximum absolute atomic E-state index is 13.6. The van der Waals surface area contributed by atoms with E-state index in [-0.39, 0.29) is 56.0 Å². The molecule has 7 N–H and O–H groups in total. The van der Waals surface area contributed by atoms with Gasteiger partial charge >= 0.3 is 0 Å². The summed E-state index contributed by atoms with van der Waals surface area (Å²) in [6.07, 6.45) is 7.25. The number of nitrogens with zero attached hydrogens (tertiary/aromatic N) is 3. The van der Waals surface area contributed by atoms with Gasteiger partial charge < -0.3 is 36.6 Å². The normalized spacial score (nSPS) is 18.3. The van der Waals surface area contributed by atoms with Crippen molar-refractivity contribution in [1.29, 1.82) is 5.41 Å². The van der Waals surface area contributed by atoms with E-state index in [0.717, 1.165) is 32.2 Å². The lowest BCUT2D eigenvalue weighted by atomic mass is 9.90. The topological polar surface area (TPSA) is 205 Å². The van der Waals surface area contributed by atoms with Crippen LogP contribution in [0.5, 0.6) is 0 Å². The van der Waals surface area contributed by atoms with E-state index >= 15 is 0 Å². The molecule has 0 radical (unpaired) electrons. The van der Waals surface area contributed by atoms with Crippen molar-refractivity contribution in [1.82, 2.24) is 36.1 Å². The van der Waals surface area contributed by atoms with Crippen molar-refractivity contribution < 1.29 is 23.9 Å². The molecule has 2 fully saturated rings. The number of methoxy groups -OCH3 is 1. The minimum absolute atomic E-state index is 0.0311. The summed E-state index contributed by atoms with van der Waals surface area (Å²) in [5, 5.41) is 19.4. The van der Waals surface area contributed by atoms with Crippen LogP contribution in [0, 0.1) is 11.3 Å². The Morgan fingerprint density at radius 3 is 2.62 bits per heavy atom. The molecule has 1 aliphatic heterocycles. The minimum Gasteiger partial charge on any atom is -0.386 e. The van der Waals surface area contributed by atoms with Gasteiger partial charge in [0.2, 0.25) is 17.7 Å². The van der Waals surface area contributed by atoms with Crippen LogP contribution in [-0.2, 0) is 19.1 Å². The number of ether oxygens (including phenoxy) is 1. The summed E-state index contributed by atoms with van der Waals surface area (Å²) in [4.78, 5) is 61.0. The molecular formula is C25H39N9O5. The van der Waals surface area contributed by atoms with E-state index in [9.17, 15) is 19.2 Å². The highest BCUT2D eigenvalue weighted by Gasteiger charge is 2.37. The van der Waals surface area contributed by atoms with Gasteiger partial charge in [0, 0.05) is 51.6 Å². The van der Waals surface area contributed by atoms with E-state index in [1.165, 1.54) is 25.7 Å². The first-order valence-electron chi connectivity index (χ1n) is 13.3. The molecule has 1 saturated carbocycles. The highest BCUT2D eigenvalue weighted by atomic mass is 16.5. The zero-order valence-corrected chi connectivity index (χ0v) is 22.3. The van der Waals surface area contributed by atoms with Crippen molar-refractivity contribution in [3.63, 3.8) is 0 Å². The zero-order chi connectivity index (χ0) is 28.2. The van der Waals surface area contributed by atoms with Gasteiger partial charge in [-0.3, -0.25) is 29.6 Å². The van der Waals surface area contributed by atoms with E-state index in [4.69, 9.17) is 15.9 Å². The van der Waals surface area contributed by atoms with Gasteiger partial charge in [-0.25, -0.2) is 4.98 Å². The van der Waals surface area contributed by atoms with Crippen molar-refractivity contribution in [2.24, 2.45) is 11.7 Å². The van der Waals surface area contributed by atoms with E-state index in [2.05, 4.69) is 31.2 Å². The van der Waals surface area contributed by atoms with Crippen LogP contribution in [0.15, 0.2) is 18.6 Å². The van der Waals surface area contributed by atoms with Crippen molar-refractivity contribution in [2.75, 3.05) is 39.9 Å². The second-order valence-corrected chi connectivity index (χ2v) is 9.78. The quantitative estimate of drug-likeness (QED) is 0.112. The first kappa shape index (κ1) is 29.9. The van der Waals surface area contributed by atoms with Crippen LogP contribution in [0.4, 0.5) is 0 Å². The molecule has 2 aliphatic rings. The lowest BCUT2D eigenvalue weighted by Crippen LogP contribution is -2.56. The Labute approximate surface area is 227 Å². The summed E-state index contributed by atoms with van der Waals surface area (Å²) in [6.45, 7) is 2.02. The molecule has 14 nitrogen and oxygen atoms in total. The first-order valence-corrected chi connectivity index (χ1v) is 13.3. The molecule has 2 heterocycles. The molecule has 14 heteroatoms. The van der Waals surface area contributed by atoms with Crippen molar-refractivity contribution in [3.05, 3.63) is 24.3 Å². The molecule has 39 heavy (non-hydrogen) atoms. The third-order valence-electron chi connectivity index (χ3n) is 6.72. The number of amidine groups is 1. The average Bonchev–Trinajstić information content (AvgIpc) is 3.78. The monoisotopic (exact) mass is 545 g/mol. The van der Waals surface area contributed by atoms with Gasteiger partial charge in [0.1, 0.15) is 17.6 Å². The summed E-state index contributed by atoms with van der Waals surface area (Å²) >= 11 is 0. The summed E-state index contributed by atoms with van der Waals surface area (Å²) in [7, 11) is 1.47. The molecule has 1 aliphatic carbocycles. The molecule has 1 aromatic heterocycles. The molecule has 1 saturated heterocycles. The van der Waals surface area contributed by atoms with Gasteiger partial charge in [-0.1, -0.05) is 0 Å². The second-order valence-electron chi connectivity index (χ2n) is 9.78. The smallest absolute Gasteiger partial charge is 0.271 e. The maximum Gasteiger partial charge on any atom is 0.271 e. The number of aromatic nitrogens is 2. The Hall–Kier alpha value is -3.65. The molecule has 3 atom stereocenters. The van der Waals surface area contributed by atoms with Crippen LogP contribution in [-0.4, -0.2) is 102 Å². The van der Waals surface area contributed by atoms with Crippen molar-refractivity contribution in [3.8, 4) is 0 Å². The molecule has 1 aromatic rings. The highest BCUT2D eigenvalue weighted by molar-refractivity contribution is 5.94. The number of rotatable bonds is 15. The van der Waals surface area contributed by atoms with Gasteiger partial charge in [-0.2, -0.15) is 0 Å². The molecule has 0 spiro atoms. The van der Waals surface area contributed by atoms with E-state index < -0.39 is 35.7 Å². The molecule has 3 rings (SSSR count). The fourth-order valence-electron chi connectivity index (χ4n) is 4.55. The largest absolute Gasteiger partial charge is 0.386 e. The SMILES string of the molecule is COCCC(=O)NC(CC(=O)NC(C(=N)N)C1CCCNC1)C(=O)N(CCNC(=O)c1cnccn1)C1CC1. The van der Waals surface area contributed by atoms with Crippen LogP contribution in [0.3, 0.4) is 0 Å². The molecule has 3 unspecified atom stereocenters. The van der Waals surface area contributed by atoms with Gasteiger partial charge in [-0.05, 0) is 38.1 Å². The van der Waals surface area contributed by atoms with Gasteiger partial charge in [0.15, 0.2) is 0 Å². The first-order chi connectivity index (χ1) is 18.8. The van der Waals surface area contributed by atoms with Crippen LogP contribution < -0.4 is 27.0 Å². The van der Waals surface area contributed by atoms with Gasteiger partial charge in [-0.15, -0.1) is 0 Å². The fraction of sp³-hybridized carbons (Fsp3) is 0.640. The Morgan fingerprint density at radius 2 is 2.00 bits per heavy atom. The average molecular weight is 546 g/mol. The lowest BCUT2D eigenvalue weighted by molar-refractivity contribution is -0.139. The lowest BCUT2D eigenvalue weighted by Gasteiger charge is -2.31. The predicted molar refractivity (Wildman–Crippen MR) is 142 cm³/mol. The number of nitrogens with two attached hydrogens (primary N) is 1. The molecular weight excluding hydrogens is 506 g/mol. The van der Waals surface area contributed by atoms with Crippen LogP contribution in [0.25, 0.3) is 0 Å². The molecule has 0 aromatic carbocycles. The summed E-state index contributed by atoms with van der Waals surface area (Å²) in [5.74, 6) is -1.92. The Morgan fingerprint density at radius 1 is 1.21 bits per heavy atom. The van der Waals surface area contributed by atoms with Crippen LogP contribution in [0.1, 0.15) is 49.0 Å². The number of amides is 4. The van der Waals surface area contributed by atoms with Crippen molar-refractivity contribution >= 4 is 29.5 Å². The second kappa shape index (κ2) is 15.1. The number of carbonyl (C=O) groups excluding carboxylic acids is 4. The summed E-state index contributed by atoms with van der Waals surface area (Å²) in [5.41, 5.74) is 5.96. The predicted octanol–water partition coefficient (Wildman–Crippen LogP) is -1.47. The highest BCUT2D eigenvalue weighted by Crippen LogP contribution is 2.27. The van der Waals surface area contributed by atoms with Crippen LogP contribution in [0.2, 0.25) is 0 Å². The van der Waals surface area contributed by atoms with Gasteiger partial charge in [0.25, 0.3) is 5.91 Å². The molecule has 0 bridgehead atoms. The van der Waals surface area contributed by atoms with Gasteiger partial charge in [0.05, 0.1) is 25.3 Å². The molecule has 4 amide bonds. The number of carbonyl (C=O) groups is 4. The van der Waals surface area contributed by atoms with E-state index in [1.54, 1.807) is 4.90 Å². The standard InChI is InChI=1S/C25H39N9O5/c1-39-12-6-20(35)32-18(13-21(36)33-22(23(26)27)16-3-2-7-28-14-16)25(38)34(17-4-5-17)11-10-31-24(37)19-15-29-8-9-30-19/h8-9,15-18,22,28H,2-7,10-14H2,1H3,(H3,26,27)(H,31,37)(H,32,35)(H,33,36). The number of hydrogen-bond acceptors (Lipinski definition) is 9. The van der Waals surface area contributed by atoms with E-state index in [0.29, 0.717) is 6.54 Å². The number of nitrogens with one attached hydrogen (secondary N) is 5. The number of hydrogen-bond donors (Lipinski definition) is 6. The van der Waals surface area contributed by atoms with E-state index in [1.807, 2.05) is 0 Å². The van der Waals surface area contributed by atoms with Crippen LogP contribution >= 0.6 is 0 Å². The minimum atomic E-state index is -1.12. The Kier molecular flexibility index (Phi) is 11.6. The van der Waals surface area contributed by atoms with Crippen molar-refractivity contribution in [2.45, 2.75) is 56.7 Å². The Balaban J connectivity index is 1.65. The third kappa shape index (κ3) is 9.55. The number of piperidine rings is 1. The Bertz CT molecular complexity index is 999. The third-order valence-corrected chi connectivity index (χ3v) is 6.72. The summed E-state index contributed by atoms with van der Waals surface area (Å²) < 4.78 is 4.96. The summed E-state index contributed by atoms with van der Waals surface area (Å²) in [6, 6.07) is -1.82. The zero-order valence-electron chi connectivity index (χ0n) is 22.3.